The number of amides is 1. The maximum absolute atomic E-state index is 11.8. The highest BCUT2D eigenvalue weighted by Crippen LogP contribution is 2.10. The lowest BCUT2D eigenvalue weighted by atomic mass is 10.1. The largest absolute Gasteiger partial charge is 0.391 e. The maximum atomic E-state index is 11.8. The molecule has 2 atom stereocenters. The number of carbonyl (C=O) groups is 2. The first-order valence-electron chi connectivity index (χ1n) is 5.18. The Bertz CT molecular complexity index is 450. The van der Waals surface area contributed by atoms with Gasteiger partial charge in [-0.1, -0.05) is 0 Å². The van der Waals surface area contributed by atoms with E-state index in [1.54, 1.807) is 0 Å². The summed E-state index contributed by atoms with van der Waals surface area (Å²) in [6.45, 7) is 0.615. The molecule has 7 heteroatoms. The number of aliphatic hydroxyl groups excluding tert-OH is 2. The van der Waals surface area contributed by atoms with Gasteiger partial charge in [-0.3, -0.25) is 14.6 Å². The third kappa shape index (κ3) is 3.86. The van der Waals surface area contributed by atoms with Gasteiger partial charge in [-0.25, -0.2) is 0 Å². The second-order valence-electron chi connectivity index (χ2n) is 3.71. The quantitative estimate of drug-likeness (QED) is 0.703. The topological polar surface area (TPSA) is 99.5 Å². The average Bonchev–Trinajstić information content (AvgIpc) is 2.34. The van der Waals surface area contributed by atoms with E-state index in [9.17, 15) is 14.7 Å². The Hall–Kier alpha value is -1.31. The van der Waals surface area contributed by atoms with E-state index < -0.39 is 30.4 Å². The maximum Gasteiger partial charge on any atom is 0.253 e. The summed E-state index contributed by atoms with van der Waals surface area (Å²) in [7, 11) is 0. The minimum absolute atomic E-state index is 0.251. The second-order valence-corrected chi connectivity index (χ2v) is 4.62. The zero-order chi connectivity index (χ0) is 13.7. The first-order chi connectivity index (χ1) is 8.45. The Kier molecular flexibility index (Phi) is 5.39. The van der Waals surface area contributed by atoms with Crippen LogP contribution in [-0.2, 0) is 4.79 Å². The highest BCUT2D eigenvalue weighted by atomic mass is 79.9. The molecule has 1 aromatic heterocycles. The highest BCUT2D eigenvalue weighted by molar-refractivity contribution is 9.10. The number of nitrogens with one attached hydrogen (secondary N) is 1. The van der Waals surface area contributed by atoms with Crippen LogP contribution in [0.15, 0.2) is 22.9 Å². The molecule has 0 aliphatic rings. The Morgan fingerprint density at radius 2 is 2.17 bits per heavy atom. The van der Waals surface area contributed by atoms with Gasteiger partial charge in [-0.2, -0.15) is 0 Å². The van der Waals surface area contributed by atoms with Gasteiger partial charge in [-0.15, -0.1) is 0 Å². The van der Waals surface area contributed by atoms with Crippen LogP contribution in [0, 0.1) is 0 Å². The summed E-state index contributed by atoms with van der Waals surface area (Å²) in [5.74, 6) is -1.20. The van der Waals surface area contributed by atoms with E-state index in [1.807, 2.05) is 0 Å². The average molecular weight is 317 g/mol. The van der Waals surface area contributed by atoms with Gasteiger partial charge >= 0.3 is 0 Å². The SMILES string of the molecule is C[C@@H](O)[C@H](NC(=O)c1cncc(Br)c1)C(=O)CO. The lowest BCUT2D eigenvalue weighted by Gasteiger charge is -2.19. The molecular weight excluding hydrogens is 304 g/mol. The summed E-state index contributed by atoms with van der Waals surface area (Å²) < 4.78 is 0.622. The van der Waals surface area contributed by atoms with Gasteiger partial charge in [0.25, 0.3) is 5.91 Å². The number of ketones is 1. The number of halogens is 1. The number of hydrogen-bond acceptors (Lipinski definition) is 5. The Balaban J connectivity index is 2.82. The smallest absolute Gasteiger partial charge is 0.253 e. The van der Waals surface area contributed by atoms with E-state index in [-0.39, 0.29) is 5.56 Å². The van der Waals surface area contributed by atoms with Crippen LogP contribution in [-0.4, -0.2) is 45.6 Å². The van der Waals surface area contributed by atoms with Gasteiger partial charge in [0.2, 0.25) is 0 Å². The molecule has 0 radical (unpaired) electrons. The number of aliphatic hydroxyl groups is 2. The minimum atomic E-state index is -1.14. The van der Waals surface area contributed by atoms with E-state index >= 15 is 0 Å². The molecule has 18 heavy (non-hydrogen) atoms. The van der Waals surface area contributed by atoms with Crippen molar-refractivity contribution in [1.29, 1.82) is 0 Å². The fraction of sp³-hybridized carbons (Fsp3) is 0.364. The van der Waals surface area contributed by atoms with E-state index in [2.05, 4.69) is 26.2 Å². The molecule has 1 amide bonds. The molecule has 0 spiro atoms. The van der Waals surface area contributed by atoms with Crippen molar-refractivity contribution in [2.45, 2.75) is 19.1 Å². The van der Waals surface area contributed by atoms with Crippen molar-refractivity contribution in [2.24, 2.45) is 0 Å². The van der Waals surface area contributed by atoms with Gasteiger partial charge in [0.05, 0.1) is 11.7 Å². The molecule has 0 fully saturated rings. The van der Waals surface area contributed by atoms with E-state index in [0.717, 1.165) is 0 Å². The molecule has 6 nitrogen and oxygen atoms in total. The number of rotatable bonds is 5. The van der Waals surface area contributed by atoms with Crippen molar-refractivity contribution in [3.63, 3.8) is 0 Å². The van der Waals surface area contributed by atoms with Gasteiger partial charge in [0, 0.05) is 16.9 Å². The summed E-state index contributed by atoms with van der Waals surface area (Å²) in [4.78, 5) is 27.0. The molecule has 0 aromatic carbocycles. The Morgan fingerprint density at radius 3 is 2.67 bits per heavy atom. The molecule has 1 heterocycles. The van der Waals surface area contributed by atoms with Crippen LogP contribution in [0.1, 0.15) is 17.3 Å². The zero-order valence-corrected chi connectivity index (χ0v) is 11.2. The lowest BCUT2D eigenvalue weighted by Crippen LogP contribution is -2.48. The predicted octanol–water partition coefficient (Wildman–Crippen LogP) is -0.115. The van der Waals surface area contributed by atoms with Crippen molar-refractivity contribution in [2.75, 3.05) is 6.61 Å². The van der Waals surface area contributed by atoms with Gasteiger partial charge in [-0.05, 0) is 28.9 Å². The van der Waals surface area contributed by atoms with Crippen LogP contribution >= 0.6 is 15.9 Å². The van der Waals surface area contributed by atoms with Crippen LogP contribution in [0.25, 0.3) is 0 Å². The fourth-order valence-electron chi connectivity index (χ4n) is 1.33. The van der Waals surface area contributed by atoms with E-state index in [4.69, 9.17) is 5.11 Å². The van der Waals surface area contributed by atoms with E-state index in [1.165, 1.54) is 25.4 Å². The van der Waals surface area contributed by atoms with Crippen LogP contribution in [0.2, 0.25) is 0 Å². The molecule has 0 saturated carbocycles. The molecule has 98 valence electrons. The number of hydrogen-bond donors (Lipinski definition) is 3. The number of Topliss-reactive ketones (excluding diaryl/α,β-unsaturated/α-hetero) is 1. The molecule has 1 rings (SSSR count). The summed E-state index contributed by atoms with van der Waals surface area (Å²) in [6.07, 6.45) is 1.76. The van der Waals surface area contributed by atoms with Crippen LogP contribution in [0.4, 0.5) is 0 Å². The monoisotopic (exact) mass is 316 g/mol. The molecule has 3 N–H and O–H groups in total. The zero-order valence-electron chi connectivity index (χ0n) is 9.63. The molecule has 0 aliphatic heterocycles. The van der Waals surface area contributed by atoms with Crippen LogP contribution in [0.3, 0.4) is 0 Å². The highest BCUT2D eigenvalue weighted by Gasteiger charge is 2.25. The number of carbonyl (C=O) groups excluding carboxylic acids is 2. The van der Waals surface area contributed by atoms with Crippen molar-refractivity contribution in [3.8, 4) is 0 Å². The normalized spacial score (nSPS) is 13.8. The third-order valence-corrected chi connectivity index (χ3v) is 2.67. The first-order valence-corrected chi connectivity index (χ1v) is 5.98. The third-order valence-electron chi connectivity index (χ3n) is 2.24. The lowest BCUT2D eigenvalue weighted by molar-refractivity contribution is -0.125. The Labute approximate surface area is 112 Å². The van der Waals surface area contributed by atoms with Crippen LogP contribution in [0.5, 0.6) is 0 Å². The first kappa shape index (κ1) is 14.7. The van der Waals surface area contributed by atoms with Gasteiger partial charge in [0.1, 0.15) is 12.6 Å². The van der Waals surface area contributed by atoms with Crippen molar-refractivity contribution >= 4 is 27.6 Å². The minimum Gasteiger partial charge on any atom is -0.391 e. The predicted molar refractivity (Wildman–Crippen MR) is 67.0 cm³/mol. The van der Waals surface area contributed by atoms with Crippen LogP contribution < -0.4 is 5.32 Å². The summed E-state index contributed by atoms with van der Waals surface area (Å²) in [5, 5.41) is 20.5. The Morgan fingerprint density at radius 1 is 1.50 bits per heavy atom. The molecule has 0 aliphatic carbocycles. The van der Waals surface area contributed by atoms with E-state index in [0.29, 0.717) is 4.47 Å². The molecule has 0 bridgehead atoms. The summed E-state index contributed by atoms with van der Waals surface area (Å²) in [5.41, 5.74) is 0.251. The standard InChI is InChI=1S/C11H13BrN2O4/c1-6(16)10(9(17)5-15)14-11(18)7-2-8(12)4-13-3-7/h2-4,6,10,15-16H,5H2,1H3,(H,14,18)/t6-,10+/m1/s1. The number of aromatic nitrogens is 1. The second kappa shape index (κ2) is 6.58. The van der Waals surface area contributed by atoms with Gasteiger partial charge < -0.3 is 15.5 Å². The van der Waals surface area contributed by atoms with Gasteiger partial charge in [0.15, 0.2) is 5.78 Å². The molecule has 1 aromatic rings. The molecule has 0 saturated heterocycles. The van der Waals surface area contributed by atoms with Crippen molar-refractivity contribution in [1.82, 2.24) is 10.3 Å². The summed E-state index contributed by atoms with van der Waals surface area (Å²) >= 11 is 3.17. The fourth-order valence-corrected chi connectivity index (χ4v) is 1.69. The summed E-state index contributed by atoms with van der Waals surface area (Å²) in [6, 6.07) is 0.395. The van der Waals surface area contributed by atoms with Crippen molar-refractivity contribution in [3.05, 3.63) is 28.5 Å². The van der Waals surface area contributed by atoms with Crippen molar-refractivity contribution < 1.29 is 19.8 Å². The number of nitrogens with zero attached hydrogens (tertiary/aromatic N) is 1. The number of pyridine rings is 1. The molecular formula is C11H13BrN2O4. The molecule has 0 unspecified atom stereocenters.